The van der Waals surface area contributed by atoms with Crippen LogP contribution in [0.4, 0.5) is 5.13 Å². The fraction of sp³-hybridized carbons (Fsp3) is 0.364. The lowest BCUT2D eigenvalue weighted by Gasteiger charge is -2.26. The van der Waals surface area contributed by atoms with Crippen LogP contribution in [0, 0.1) is 0 Å². The van der Waals surface area contributed by atoms with Gasteiger partial charge in [-0.25, -0.2) is 4.98 Å². The summed E-state index contributed by atoms with van der Waals surface area (Å²) < 4.78 is 0.124. The molecule has 2 rings (SSSR count). The summed E-state index contributed by atoms with van der Waals surface area (Å²) in [5.41, 5.74) is -0.180. The molecule has 0 aliphatic carbocycles. The van der Waals surface area contributed by atoms with Crippen LogP contribution in [-0.4, -0.2) is 54.0 Å². The van der Waals surface area contributed by atoms with Crippen molar-refractivity contribution in [2.75, 3.05) is 24.9 Å². The van der Waals surface area contributed by atoms with E-state index in [9.17, 15) is 14.4 Å². The second-order valence-corrected chi connectivity index (χ2v) is 6.09. The number of hydrogen-bond donors (Lipinski definition) is 3. The number of amides is 3. The lowest BCUT2D eigenvalue weighted by atomic mass is 10.1. The second kappa shape index (κ2) is 7.57. The first-order valence-electron chi connectivity index (χ1n) is 6.18. The molecule has 1 aromatic heterocycles. The van der Waals surface area contributed by atoms with Crippen LogP contribution in [0.15, 0.2) is 5.16 Å². The molecule has 1 unspecified atom stereocenters. The molecule has 1 saturated heterocycles. The summed E-state index contributed by atoms with van der Waals surface area (Å²) in [5, 5.41) is 11.1. The number of aromatic nitrogens is 1. The van der Waals surface area contributed by atoms with Gasteiger partial charge in [0, 0.05) is 6.54 Å². The number of thiazole rings is 1. The predicted molar refractivity (Wildman–Crippen MR) is 85.0 cm³/mol. The van der Waals surface area contributed by atoms with E-state index in [1.54, 1.807) is 0 Å². The van der Waals surface area contributed by atoms with E-state index in [4.69, 9.17) is 23.2 Å². The number of β-lactam (4-membered cyclic amide) rings is 1. The van der Waals surface area contributed by atoms with E-state index in [0.29, 0.717) is 6.54 Å². The highest BCUT2D eigenvalue weighted by Crippen LogP contribution is 2.28. The average molecular weight is 380 g/mol. The van der Waals surface area contributed by atoms with Crippen LogP contribution >= 0.6 is 34.5 Å². The molecule has 124 valence electrons. The number of anilines is 1. The van der Waals surface area contributed by atoms with Crippen LogP contribution in [0.2, 0.25) is 4.34 Å². The number of hydrogen-bond acceptors (Lipinski definition) is 7. The molecule has 2 heterocycles. The number of oxime groups is 1. The van der Waals surface area contributed by atoms with Gasteiger partial charge in [-0.3, -0.25) is 14.4 Å². The van der Waals surface area contributed by atoms with Gasteiger partial charge in [-0.1, -0.05) is 28.1 Å². The predicted octanol–water partition coefficient (Wildman–Crippen LogP) is -0.0611. The first-order chi connectivity index (χ1) is 11.0. The van der Waals surface area contributed by atoms with Crippen molar-refractivity contribution in [3.05, 3.63) is 10.0 Å². The van der Waals surface area contributed by atoms with Crippen molar-refractivity contribution in [3.8, 4) is 0 Å². The lowest BCUT2D eigenvalue weighted by Crippen LogP contribution is -2.62. The van der Waals surface area contributed by atoms with Gasteiger partial charge in [0.1, 0.15) is 29.1 Å². The normalized spacial score (nSPS) is 17.1. The van der Waals surface area contributed by atoms with Crippen molar-refractivity contribution in [1.29, 1.82) is 0 Å². The Hall–Kier alpha value is -1.91. The molecule has 1 aliphatic rings. The SMILES string of the molecule is CO/N=C(\C(=O)NC1CNC1=O)c1nc(NC(=O)CCl)sc1Cl. The van der Waals surface area contributed by atoms with Crippen molar-refractivity contribution in [2.24, 2.45) is 5.16 Å². The summed E-state index contributed by atoms with van der Waals surface area (Å²) in [6, 6.07) is -0.641. The molecule has 12 heteroatoms. The van der Waals surface area contributed by atoms with E-state index in [1.165, 1.54) is 7.11 Å². The highest BCUT2D eigenvalue weighted by molar-refractivity contribution is 7.20. The zero-order valence-electron chi connectivity index (χ0n) is 11.7. The molecular weight excluding hydrogens is 369 g/mol. The maximum atomic E-state index is 12.2. The number of carbonyl (C=O) groups excluding carboxylic acids is 3. The Kier molecular flexibility index (Phi) is 5.74. The molecule has 1 aromatic rings. The highest BCUT2D eigenvalue weighted by atomic mass is 35.5. The summed E-state index contributed by atoms with van der Waals surface area (Å²) >= 11 is 12.4. The van der Waals surface area contributed by atoms with Crippen LogP contribution < -0.4 is 16.0 Å². The number of rotatable bonds is 6. The third kappa shape index (κ3) is 4.09. The monoisotopic (exact) mass is 379 g/mol. The lowest BCUT2D eigenvalue weighted by molar-refractivity contribution is -0.131. The number of nitrogens with zero attached hydrogens (tertiary/aromatic N) is 2. The van der Waals surface area contributed by atoms with Crippen molar-refractivity contribution in [1.82, 2.24) is 15.6 Å². The molecular formula is C11H11Cl2N5O4S. The standard InChI is InChI=1S/C11H11Cl2N5O4S/c1-22-18-7(10(21)15-4-3-14-9(4)20)6-8(13)23-11(17-6)16-5(19)2-12/h4H,2-3H2,1H3,(H,14,20)(H,15,21)(H,16,17,19)/b18-7-. The van der Waals surface area contributed by atoms with E-state index in [2.05, 4.69) is 30.9 Å². The number of halogens is 2. The summed E-state index contributed by atoms with van der Waals surface area (Å²) in [7, 11) is 1.25. The molecule has 1 fully saturated rings. The average Bonchev–Trinajstić information content (AvgIpc) is 2.88. The highest BCUT2D eigenvalue weighted by Gasteiger charge is 2.32. The molecule has 23 heavy (non-hydrogen) atoms. The molecule has 0 bridgehead atoms. The minimum atomic E-state index is -0.672. The molecule has 9 nitrogen and oxygen atoms in total. The molecule has 0 spiro atoms. The third-order valence-corrected chi connectivity index (χ3v) is 4.09. The van der Waals surface area contributed by atoms with Gasteiger partial charge in [0.15, 0.2) is 10.8 Å². The fourth-order valence-electron chi connectivity index (χ4n) is 1.57. The summed E-state index contributed by atoms with van der Waals surface area (Å²) in [5.74, 6) is -1.68. The van der Waals surface area contributed by atoms with Gasteiger partial charge < -0.3 is 20.8 Å². The minimum Gasteiger partial charge on any atom is -0.398 e. The Morgan fingerprint density at radius 3 is 2.83 bits per heavy atom. The van der Waals surface area contributed by atoms with Crippen LogP contribution in [-0.2, 0) is 19.2 Å². The summed E-state index contributed by atoms with van der Waals surface area (Å²) in [6.45, 7) is 0.326. The van der Waals surface area contributed by atoms with Crippen LogP contribution in [0.5, 0.6) is 0 Å². The Labute approximate surface area is 144 Å². The molecule has 3 amide bonds. The number of nitrogens with one attached hydrogen (secondary N) is 3. The van der Waals surface area contributed by atoms with E-state index in [1.807, 2.05) is 0 Å². The van der Waals surface area contributed by atoms with Crippen LogP contribution in [0.25, 0.3) is 0 Å². The van der Waals surface area contributed by atoms with Crippen molar-refractivity contribution >= 4 is 63.1 Å². The van der Waals surface area contributed by atoms with Crippen molar-refractivity contribution in [3.63, 3.8) is 0 Å². The zero-order valence-corrected chi connectivity index (χ0v) is 14.0. The summed E-state index contributed by atoms with van der Waals surface area (Å²) in [4.78, 5) is 43.4. The Morgan fingerprint density at radius 1 is 1.57 bits per heavy atom. The van der Waals surface area contributed by atoms with Gasteiger partial charge in [-0.15, -0.1) is 11.6 Å². The van der Waals surface area contributed by atoms with E-state index >= 15 is 0 Å². The Balaban J connectivity index is 2.20. The number of alkyl halides is 1. The molecule has 3 N–H and O–H groups in total. The first-order valence-corrected chi connectivity index (χ1v) is 7.91. The Bertz CT molecular complexity index is 677. The van der Waals surface area contributed by atoms with Crippen LogP contribution in [0.1, 0.15) is 5.69 Å². The smallest absolute Gasteiger partial charge is 0.276 e. The molecule has 1 atom stereocenters. The maximum Gasteiger partial charge on any atom is 0.276 e. The molecule has 0 aromatic carbocycles. The quantitative estimate of drug-likeness (QED) is 0.276. The topological polar surface area (TPSA) is 122 Å². The maximum absolute atomic E-state index is 12.2. The van der Waals surface area contributed by atoms with Gasteiger partial charge in [0.05, 0.1) is 0 Å². The second-order valence-electron chi connectivity index (χ2n) is 4.22. The van der Waals surface area contributed by atoms with Gasteiger partial charge in [0.25, 0.3) is 5.91 Å². The third-order valence-electron chi connectivity index (χ3n) is 2.68. The fourth-order valence-corrected chi connectivity index (χ4v) is 2.70. The van der Waals surface area contributed by atoms with E-state index < -0.39 is 17.9 Å². The summed E-state index contributed by atoms with van der Waals surface area (Å²) in [6.07, 6.45) is 0. The van der Waals surface area contributed by atoms with Gasteiger partial charge in [-0.2, -0.15) is 0 Å². The van der Waals surface area contributed by atoms with Crippen molar-refractivity contribution < 1.29 is 19.2 Å². The molecule has 0 radical (unpaired) electrons. The molecule has 1 aliphatic heterocycles. The van der Waals surface area contributed by atoms with E-state index in [-0.39, 0.29) is 32.7 Å². The van der Waals surface area contributed by atoms with Crippen LogP contribution in [0.3, 0.4) is 0 Å². The van der Waals surface area contributed by atoms with Gasteiger partial charge in [0.2, 0.25) is 11.8 Å². The van der Waals surface area contributed by atoms with Gasteiger partial charge >= 0.3 is 0 Å². The molecule has 0 saturated carbocycles. The van der Waals surface area contributed by atoms with E-state index in [0.717, 1.165) is 11.3 Å². The zero-order chi connectivity index (χ0) is 17.0. The first kappa shape index (κ1) is 17.4. The van der Waals surface area contributed by atoms with Gasteiger partial charge in [-0.05, 0) is 0 Å². The number of carbonyl (C=O) groups is 3. The largest absolute Gasteiger partial charge is 0.398 e. The Morgan fingerprint density at radius 2 is 2.30 bits per heavy atom. The minimum absolute atomic E-state index is 0.0284. The van der Waals surface area contributed by atoms with Crippen molar-refractivity contribution in [2.45, 2.75) is 6.04 Å².